The van der Waals surface area contributed by atoms with E-state index in [1.54, 1.807) is 12.3 Å². The summed E-state index contributed by atoms with van der Waals surface area (Å²) in [4.78, 5) is 31.6. The number of nitrogens with one attached hydrogen (secondary N) is 2. The van der Waals surface area contributed by atoms with Crippen molar-refractivity contribution in [2.75, 3.05) is 25.0 Å². The van der Waals surface area contributed by atoms with E-state index in [2.05, 4.69) is 52.9 Å². The van der Waals surface area contributed by atoms with Crippen LogP contribution in [0.15, 0.2) is 72.9 Å². The van der Waals surface area contributed by atoms with E-state index in [-0.39, 0.29) is 17.4 Å². The largest absolute Gasteiger partial charge is 0.336 e. The lowest BCUT2D eigenvalue weighted by atomic mass is 9.93. The maximum atomic E-state index is 13.0. The Kier molecular flexibility index (Phi) is 10.1. The van der Waals surface area contributed by atoms with Gasteiger partial charge in [-0.05, 0) is 60.2 Å². The van der Waals surface area contributed by atoms with Crippen LogP contribution in [0, 0.1) is 11.6 Å². The zero-order valence-corrected chi connectivity index (χ0v) is 22.8. The van der Waals surface area contributed by atoms with Crippen LogP contribution >= 0.6 is 0 Å². The number of carbonyl (C=O) groups excluding carboxylic acids is 2. The average Bonchev–Trinajstić information content (AvgIpc) is 3.41. The van der Waals surface area contributed by atoms with Gasteiger partial charge < -0.3 is 15.5 Å². The summed E-state index contributed by atoms with van der Waals surface area (Å²) in [6.07, 6.45) is 11.1. The maximum Gasteiger partial charge on any atom is 0.243 e. The molecule has 1 aliphatic carbocycles. The Labute approximate surface area is 234 Å². The molecule has 2 fully saturated rings. The number of carbonyl (C=O) groups is 2. The molecule has 1 aliphatic heterocycles. The number of amides is 2. The highest BCUT2D eigenvalue weighted by Gasteiger charge is 2.45. The van der Waals surface area contributed by atoms with Gasteiger partial charge in [0, 0.05) is 31.9 Å². The molecule has 2 heterocycles. The molecule has 2 aromatic carbocycles. The van der Waals surface area contributed by atoms with Crippen molar-refractivity contribution < 1.29 is 18.4 Å². The van der Waals surface area contributed by atoms with Crippen LogP contribution in [0.25, 0.3) is 6.08 Å². The van der Waals surface area contributed by atoms with Gasteiger partial charge in [-0.2, -0.15) is 0 Å². The molecule has 2 amide bonds. The summed E-state index contributed by atoms with van der Waals surface area (Å²) >= 11 is 0. The molecule has 5 rings (SSSR count). The van der Waals surface area contributed by atoms with E-state index in [0.717, 1.165) is 62.4 Å². The third-order valence-corrected chi connectivity index (χ3v) is 7.32. The first kappa shape index (κ1) is 29.1. The molecular weight excluding hydrogens is 510 g/mol. The van der Waals surface area contributed by atoms with E-state index in [1.807, 2.05) is 17.0 Å². The number of aromatic nitrogens is 1. The van der Waals surface area contributed by atoms with Gasteiger partial charge >= 0.3 is 0 Å². The first-order valence-corrected chi connectivity index (χ1v) is 13.8. The molecule has 40 heavy (non-hydrogen) atoms. The number of anilines is 1. The number of pyridine rings is 1. The van der Waals surface area contributed by atoms with Gasteiger partial charge in [0.15, 0.2) is 0 Å². The summed E-state index contributed by atoms with van der Waals surface area (Å²) in [6.45, 7) is 4.33. The van der Waals surface area contributed by atoms with Crippen molar-refractivity contribution in [3.8, 4) is 0 Å². The molecule has 0 radical (unpaired) electrons. The Morgan fingerprint density at radius 3 is 2.48 bits per heavy atom. The minimum atomic E-state index is -0.537. The Bertz CT molecular complexity index is 1310. The lowest BCUT2D eigenvalue weighted by Gasteiger charge is -2.40. The van der Waals surface area contributed by atoms with Crippen molar-refractivity contribution in [2.24, 2.45) is 0 Å². The standard InChI is InChI=1S/C26H32N4O2.C6H4F2/c1-2-21-11-10-20(18-22(21)19-24(31)29-23-9-3-6-14-27-23)8-7-16-30-17-15-28-26(25(30)32)12-4-5-13-26;7-5-2-1-3-6(8)4-5/h3,6-11,14,18,28H,2,4-5,12-13,15-17,19H2,1H3,(H,27,29,31);1-4H/b8-7+;. The molecule has 6 nitrogen and oxygen atoms in total. The van der Waals surface area contributed by atoms with Gasteiger partial charge in [-0.15, -0.1) is 0 Å². The molecule has 1 spiro atoms. The highest BCUT2D eigenvalue weighted by molar-refractivity contribution is 5.91. The van der Waals surface area contributed by atoms with E-state index >= 15 is 0 Å². The summed E-state index contributed by atoms with van der Waals surface area (Å²) < 4.78 is 23.9. The second kappa shape index (κ2) is 13.9. The van der Waals surface area contributed by atoms with Gasteiger partial charge in [-0.25, -0.2) is 13.8 Å². The van der Waals surface area contributed by atoms with E-state index < -0.39 is 11.6 Å². The molecular formula is C32H36F2N4O2. The lowest BCUT2D eigenvalue weighted by Crippen LogP contribution is -2.63. The van der Waals surface area contributed by atoms with Crippen LogP contribution < -0.4 is 10.6 Å². The fraction of sp³-hybridized carbons (Fsp3) is 0.344. The van der Waals surface area contributed by atoms with E-state index in [4.69, 9.17) is 0 Å². The molecule has 0 unspecified atom stereocenters. The van der Waals surface area contributed by atoms with E-state index in [1.165, 1.54) is 23.8 Å². The summed E-state index contributed by atoms with van der Waals surface area (Å²) in [5, 5.41) is 6.34. The lowest BCUT2D eigenvalue weighted by molar-refractivity contribution is -0.140. The number of benzene rings is 2. The van der Waals surface area contributed by atoms with Crippen molar-refractivity contribution in [1.29, 1.82) is 0 Å². The zero-order chi connectivity index (χ0) is 28.4. The smallest absolute Gasteiger partial charge is 0.243 e. The number of nitrogens with zero attached hydrogens (tertiary/aromatic N) is 2. The first-order chi connectivity index (χ1) is 19.4. The highest BCUT2D eigenvalue weighted by atomic mass is 19.1. The summed E-state index contributed by atoms with van der Waals surface area (Å²) in [5.41, 5.74) is 2.91. The molecule has 1 saturated heterocycles. The zero-order valence-electron chi connectivity index (χ0n) is 22.8. The maximum absolute atomic E-state index is 13.0. The predicted molar refractivity (Wildman–Crippen MR) is 154 cm³/mol. The van der Waals surface area contributed by atoms with Crippen LogP contribution in [-0.4, -0.2) is 46.9 Å². The van der Waals surface area contributed by atoms with Gasteiger partial charge in [-0.1, -0.05) is 62.2 Å². The number of aryl methyl sites for hydroxylation is 1. The molecule has 2 aliphatic rings. The van der Waals surface area contributed by atoms with E-state index in [0.29, 0.717) is 18.8 Å². The molecule has 1 saturated carbocycles. The summed E-state index contributed by atoms with van der Waals surface area (Å²) in [5.74, 6) is -0.339. The first-order valence-electron chi connectivity index (χ1n) is 13.8. The number of halogens is 2. The fourth-order valence-corrected chi connectivity index (χ4v) is 5.29. The molecule has 2 N–H and O–H groups in total. The molecule has 210 valence electrons. The van der Waals surface area contributed by atoms with Crippen molar-refractivity contribution >= 4 is 23.7 Å². The van der Waals surface area contributed by atoms with Crippen LogP contribution in [0.4, 0.5) is 14.6 Å². The molecule has 0 bridgehead atoms. The van der Waals surface area contributed by atoms with Gasteiger partial charge in [0.05, 0.1) is 12.0 Å². The molecule has 0 atom stereocenters. The van der Waals surface area contributed by atoms with Gasteiger partial charge in [0.25, 0.3) is 0 Å². The van der Waals surface area contributed by atoms with Gasteiger partial charge in [0.2, 0.25) is 11.8 Å². The van der Waals surface area contributed by atoms with Crippen LogP contribution in [-0.2, 0) is 22.4 Å². The molecule has 3 aromatic rings. The average molecular weight is 547 g/mol. The minimum absolute atomic E-state index is 0.0761. The van der Waals surface area contributed by atoms with Crippen LogP contribution in [0.1, 0.15) is 49.3 Å². The fourth-order valence-electron chi connectivity index (χ4n) is 5.29. The summed E-state index contributed by atoms with van der Waals surface area (Å²) in [7, 11) is 0. The monoisotopic (exact) mass is 546 g/mol. The normalized spacial score (nSPS) is 16.2. The van der Waals surface area contributed by atoms with Crippen molar-refractivity contribution in [3.05, 3.63) is 101 Å². The van der Waals surface area contributed by atoms with Crippen molar-refractivity contribution in [2.45, 2.75) is 51.0 Å². The quantitative estimate of drug-likeness (QED) is 0.408. The topological polar surface area (TPSA) is 74.3 Å². The van der Waals surface area contributed by atoms with Gasteiger partial charge in [-0.3, -0.25) is 9.59 Å². The summed E-state index contributed by atoms with van der Waals surface area (Å²) in [6, 6.07) is 16.2. The number of hydrogen-bond donors (Lipinski definition) is 2. The van der Waals surface area contributed by atoms with E-state index in [9.17, 15) is 18.4 Å². The number of piperazine rings is 1. The molecule has 1 aromatic heterocycles. The van der Waals surface area contributed by atoms with Crippen molar-refractivity contribution in [3.63, 3.8) is 0 Å². The highest BCUT2D eigenvalue weighted by Crippen LogP contribution is 2.33. The Morgan fingerprint density at radius 2 is 1.82 bits per heavy atom. The Morgan fingerprint density at radius 1 is 1.05 bits per heavy atom. The minimum Gasteiger partial charge on any atom is -0.336 e. The predicted octanol–water partition coefficient (Wildman–Crippen LogP) is 5.55. The van der Waals surface area contributed by atoms with Crippen LogP contribution in [0.2, 0.25) is 0 Å². The SMILES string of the molecule is CCc1ccc(/C=C/CN2CCNC3(CCCC3)C2=O)cc1CC(=O)Nc1ccccn1.Fc1cccc(F)c1. The van der Waals surface area contributed by atoms with Gasteiger partial charge in [0.1, 0.15) is 17.5 Å². The third-order valence-electron chi connectivity index (χ3n) is 7.32. The number of rotatable bonds is 7. The third kappa shape index (κ3) is 7.82. The second-order valence-corrected chi connectivity index (χ2v) is 10.1. The van der Waals surface area contributed by atoms with Crippen molar-refractivity contribution in [1.82, 2.24) is 15.2 Å². The Balaban J connectivity index is 0.000000398. The van der Waals surface area contributed by atoms with Crippen LogP contribution in [0.3, 0.4) is 0 Å². The number of hydrogen-bond acceptors (Lipinski definition) is 4. The molecule has 8 heteroatoms. The Hall–Kier alpha value is -3.91. The second-order valence-electron chi connectivity index (χ2n) is 10.1. The van der Waals surface area contributed by atoms with Crippen LogP contribution in [0.5, 0.6) is 0 Å².